The molecule has 0 amide bonds. The highest BCUT2D eigenvalue weighted by Gasteiger charge is 2.31. The Morgan fingerprint density at radius 3 is 1.43 bits per heavy atom. The molecule has 0 heterocycles. The van der Waals surface area contributed by atoms with Crippen LogP contribution in [0.2, 0.25) is 0 Å². The van der Waals surface area contributed by atoms with Crippen LogP contribution in [-0.4, -0.2) is 8.57 Å². The zero-order valence-corrected chi connectivity index (χ0v) is 7.73. The topological polar surface area (TPSA) is 0 Å². The molecule has 0 nitrogen and oxygen atoms in total. The fourth-order valence-electron chi connectivity index (χ4n) is 0. The maximum Gasteiger partial charge on any atom is 0.323 e. The third-order valence-corrected chi connectivity index (χ3v) is 3.08. The molecular formula is C2HBr3F2. The minimum atomic E-state index is -2.85. The Kier molecular flexibility index (Phi) is 3.24. The Morgan fingerprint density at radius 2 is 1.43 bits per heavy atom. The van der Waals surface area contributed by atoms with Gasteiger partial charge in [0, 0.05) is 0 Å². The Balaban J connectivity index is 3.54. The molecule has 0 fully saturated rings. The standard InChI is InChI=1S/C2HBr3F2/c3-1(4)2(5,6)7/h1H. The lowest BCUT2D eigenvalue weighted by Crippen LogP contribution is -2.13. The first kappa shape index (κ1) is 8.30. The van der Waals surface area contributed by atoms with E-state index in [2.05, 4.69) is 47.8 Å². The van der Waals surface area contributed by atoms with Crippen molar-refractivity contribution in [1.82, 2.24) is 0 Å². The van der Waals surface area contributed by atoms with Crippen molar-refractivity contribution in [2.24, 2.45) is 0 Å². The molecule has 0 saturated carbocycles. The summed E-state index contributed by atoms with van der Waals surface area (Å²) in [5.41, 5.74) is 0. The smallest absolute Gasteiger partial charge is 0.191 e. The Bertz CT molecular complexity index is 56.4. The molecular weight excluding hydrogens is 302 g/mol. The predicted octanol–water partition coefficient (Wildman–Crippen LogP) is 3.09. The van der Waals surface area contributed by atoms with Crippen molar-refractivity contribution in [1.29, 1.82) is 0 Å². The summed E-state index contributed by atoms with van der Waals surface area (Å²) in [5, 5.41) is 0. The monoisotopic (exact) mass is 300 g/mol. The fraction of sp³-hybridized carbons (Fsp3) is 1.00. The van der Waals surface area contributed by atoms with Crippen molar-refractivity contribution < 1.29 is 8.78 Å². The highest BCUT2D eigenvalue weighted by atomic mass is 79.9. The van der Waals surface area contributed by atoms with E-state index in [0.29, 0.717) is 0 Å². The van der Waals surface area contributed by atoms with E-state index in [1.165, 1.54) is 0 Å². The molecule has 0 aliphatic heterocycles. The van der Waals surface area contributed by atoms with Gasteiger partial charge < -0.3 is 0 Å². The Labute approximate surface area is 65.0 Å². The molecule has 0 rings (SSSR count). The van der Waals surface area contributed by atoms with Gasteiger partial charge in [0.25, 0.3) is 0 Å². The molecule has 0 atom stereocenters. The summed E-state index contributed by atoms with van der Waals surface area (Å²) in [6.07, 6.45) is 0. The van der Waals surface area contributed by atoms with Crippen LogP contribution in [0.25, 0.3) is 0 Å². The van der Waals surface area contributed by atoms with E-state index in [9.17, 15) is 8.78 Å². The van der Waals surface area contributed by atoms with Gasteiger partial charge in [0.15, 0.2) is 0 Å². The van der Waals surface area contributed by atoms with Crippen molar-refractivity contribution in [2.45, 2.75) is 8.57 Å². The van der Waals surface area contributed by atoms with Crippen molar-refractivity contribution >= 4 is 47.8 Å². The lowest BCUT2D eigenvalue weighted by atomic mass is 10.9. The third kappa shape index (κ3) is 3.85. The summed E-state index contributed by atoms with van der Waals surface area (Å²) in [6, 6.07) is 0. The SMILES string of the molecule is FC(F)(Br)C(Br)Br. The second kappa shape index (κ2) is 2.73. The maximum absolute atomic E-state index is 11.7. The van der Waals surface area contributed by atoms with E-state index in [1.54, 1.807) is 0 Å². The zero-order valence-electron chi connectivity index (χ0n) is 2.97. The van der Waals surface area contributed by atoms with E-state index in [4.69, 9.17) is 0 Å². The summed E-state index contributed by atoms with van der Waals surface area (Å²) in [5.74, 6) is 0. The Morgan fingerprint density at radius 1 is 1.29 bits per heavy atom. The van der Waals surface area contributed by atoms with Gasteiger partial charge in [-0.25, -0.2) is 0 Å². The average Bonchev–Trinajstić information content (AvgIpc) is 1.31. The van der Waals surface area contributed by atoms with Gasteiger partial charge in [-0.2, -0.15) is 8.78 Å². The van der Waals surface area contributed by atoms with Gasteiger partial charge in [-0.15, -0.1) is 0 Å². The minimum Gasteiger partial charge on any atom is -0.191 e. The quantitative estimate of drug-likeness (QED) is 0.653. The van der Waals surface area contributed by atoms with Gasteiger partial charge >= 0.3 is 4.83 Å². The second-order valence-electron chi connectivity index (χ2n) is 0.842. The number of alkyl halides is 5. The first-order valence-corrected chi connectivity index (χ1v) is 3.92. The van der Waals surface area contributed by atoms with Crippen LogP contribution in [0.15, 0.2) is 0 Å². The summed E-state index contributed by atoms with van der Waals surface area (Å²) in [7, 11) is 0. The molecule has 0 aliphatic carbocycles. The van der Waals surface area contributed by atoms with Crippen molar-refractivity contribution in [3.8, 4) is 0 Å². The average molecular weight is 303 g/mol. The van der Waals surface area contributed by atoms with E-state index in [0.717, 1.165) is 0 Å². The van der Waals surface area contributed by atoms with Gasteiger partial charge in [0.05, 0.1) is 0 Å². The van der Waals surface area contributed by atoms with Gasteiger partial charge in [-0.3, -0.25) is 0 Å². The molecule has 5 heteroatoms. The second-order valence-corrected chi connectivity index (χ2v) is 4.96. The molecule has 0 aromatic heterocycles. The van der Waals surface area contributed by atoms with Crippen LogP contribution in [0, 0.1) is 0 Å². The van der Waals surface area contributed by atoms with Gasteiger partial charge in [-0.05, 0) is 15.9 Å². The van der Waals surface area contributed by atoms with E-state index >= 15 is 0 Å². The highest BCUT2D eigenvalue weighted by molar-refractivity contribution is 9.25. The van der Waals surface area contributed by atoms with Gasteiger partial charge in [0.1, 0.15) is 3.74 Å². The van der Waals surface area contributed by atoms with Crippen LogP contribution in [-0.2, 0) is 0 Å². The fourth-order valence-corrected chi connectivity index (χ4v) is 0. The summed E-state index contributed by atoms with van der Waals surface area (Å²) in [6.45, 7) is 0. The normalized spacial score (nSPS) is 12.9. The van der Waals surface area contributed by atoms with Crippen LogP contribution in [0.4, 0.5) is 8.78 Å². The molecule has 0 aromatic rings. The minimum absolute atomic E-state index is 0.993. The highest BCUT2D eigenvalue weighted by Crippen LogP contribution is 2.34. The van der Waals surface area contributed by atoms with Crippen LogP contribution in [0.3, 0.4) is 0 Å². The van der Waals surface area contributed by atoms with Crippen LogP contribution in [0.1, 0.15) is 0 Å². The zero-order chi connectivity index (χ0) is 6.08. The molecule has 0 saturated heterocycles. The molecule has 0 bridgehead atoms. The molecule has 0 radical (unpaired) electrons. The van der Waals surface area contributed by atoms with Crippen LogP contribution >= 0.6 is 47.8 Å². The summed E-state index contributed by atoms with van der Waals surface area (Å²) >= 11 is 7.34. The van der Waals surface area contributed by atoms with Crippen molar-refractivity contribution in [3.63, 3.8) is 0 Å². The van der Waals surface area contributed by atoms with Gasteiger partial charge in [-0.1, -0.05) is 31.9 Å². The van der Waals surface area contributed by atoms with Crippen molar-refractivity contribution in [3.05, 3.63) is 0 Å². The molecule has 0 N–H and O–H groups in total. The van der Waals surface area contributed by atoms with Crippen LogP contribution in [0.5, 0.6) is 0 Å². The lowest BCUT2D eigenvalue weighted by Gasteiger charge is -2.06. The molecule has 0 aromatic carbocycles. The number of hydrogen-bond donors (Lipinski definition) is 0. The number of rotatable bonds is 1. The van der Waals surface area contributed by atoms with E-state index in [1.807, 2.05) is 0 Å². The van der Waals surface area contributed by atoms with Crippen LogP contribution < -0.4 is 0 Å². The molecule has 0 spiro atoms. The first-order chi connectivity index (χ1) is 2.94. The Hall–Kier alpha value is 1.30. The third-order valence-electron chi connectivity index (χ3n) is 0.247. The summed E-state index contributed by atoms with van der Waals surface area (Å²) < 4.78 is 22.3. The lowest BCUT2D eigenvalue weighted by molar-refractivity contribution is 0.138. The molecule has 0 aliphatic rings. The molecule has 44 valence electrons. The molecule has 7 heavy (non-hydrogen) atoms. The number of hydrogen-bond acceptors (Lipinski definition) is 0. The van der Waals surface area contributed by atoms with Gasteiger partial charge in [0.2, 0.25) is 0 Å². The summed E-state index contributed by atoms with van der Waals surface area (Å²) in [4.78, 5) is -2.85. The number of halogens is 5. The maximum atomic E-state index is 11.7. The molecule has 0 unspecified atom stereocenters. The van der Waals surface area contributed by atoms with Crippen molar-refractivity contribution in [2.75, 3.05) is 0 Å². The largest absolute Gasteiger partial charge is 0.323 e. The first-order valence-electron chi connectivity index (χ1n) is 1.29. The van der Waals surface area contributed by atoms with E-state index in [-0.39, 0.29) is 0 Å². The van der Waals surface area contributed by atoms with E-state index < -0.39 is 8.57 Å². The predicted molar refractivity (Wildman–Crippen MR) is 35.5 cm³/mol.